The second kappa shape index (κ2) is 9.54. The molecule has 178 valence electrons. The van der Waals surface area contributed by atoms with Crippen LogP contribution in [0.4, 0.5) is 0 Å². The molecule has 0 aliphatic carbocycles. The third kappa shape index (κ3) is 5.29. The van der Waals surface area contributed by atoms with Crippen molar-refractivity contribution >= 4 is 25.8 Å². The number of rotatable bonds is 5. The van der Waals surface area contributed by atoms with Crippen molar-refractivity contribution in [1.82, 2.24) is 9.21 Å². The SMILES string of the molecule is NCc1cccc(S(=O)(=O)N2C[C@@H](C(=O)N3CCS(=O)(=O)CC3)C[C@@H](c3ccccc3)C2)c1. The number of hydrogen-bond donors (Lipinski definition) is 1. The fourth-order valence-electron chi connectivity index (χ4n) is 4.57. The predicted octanol–water partition coefficient (Wildman–Crippen LogP) is 1.20. The molecule has 2 saturated heterocycles. The number of nitrogens with two attached hydrogens (primary N) is 1. The number of amides is 1. The van der Waals surface area contributed by atoms with Crippen molar-refractivity contribution in [2.24, 2.45) is 11.7 Å². The minimum Gasteiger partial charge on any atom is -0.340 e. The Balaban J connectivity index is 1.63. The molecule has 0 saturated carbocycles. The standard InChI is InChI=1S/C23H29N3O5S2/c24-15-18-5-4-8-22(13-18)33(30,31)26-16-20(19-6-2-1-3-7-19)14-21(17-26)23(27)25-9-11-32(28,29)12-10-25/h1-8,13,20-21H,9-12,14-17,24H2/t20-,21+/m1/s1. The van der Waals surface area contributed by atoms with E-state index in [1.54, 1.807) is 29.2 Å². The number of benzene rings is 2. The van der Waals surface area contributed by atoms with Gasteiger partial charge in [0.2, 0.25) is 15.9 Å². The topological polar surface area (TPSA) is 118 Å². The van der Waals surface area contributed by atoms with E-state index in [1.807, 2.05) is 30.3 Å². The summed E-state index contributed by atoms with van der Waals surface area (Å²) in [6.45, 7) is 0.880. The van der Waals surface area contributed by atoms with Crippen molar-refractivity contribution in [2.45, 2.75) is 23.8 Å². The average Bonchev–Trinajstić information content (AvgIpc) is 2.84. The summed E-state index contributed by atoms with van der Waals surface area (Å²) >= 11 is 0. The molecule has 2 aliphatic rings. The van der Waals surface area contributed by atoms with Gasteiger partial charge in [0.25, 0.3) is 0 Å². The number of hydrogen-bond acceptors (Lipinski definition) is 6. The van der Waals surface area contributed by atoms with Gasteiger partial charge in [0.15, 0.2) is 9.84 Å². The Kier molecular flexibility index (Phi) is 6.90. The summed E-state index contributed by atoms with van der Waals surface area (Å²) in [6.07, 6.45) is 0.515. The molecule has 33 heavy (non-hydrogen) atoms. The van der Waals surface area contributed by atoms with Gasteiger partial charge in [0, 0.05) is 32.7 Å². The first-order chi connectivity index (χ1) is 15.7. The summed E-state index contributed by atoms with van der Waals surface area (Å²) in [4.78, 5) is 15.1. The van der Waals surface area contributed by atoms with Crippen LogP contribution in [0, 0.1) is 5.92 Å². The van der Waals surface area contributed by atoms with E-state index in [-0.39, 0.29) is 61.0 Å². The van der Waals surface area contributed by atoms with Gasteiger partial charge in [-0.1, -0.05) is 42.5 Å². The molecule has 2 heterocycles. The third-order valence-electron chi connectivity index (χ3n) is 6.47. The second-order valence-electron chi connectivity index (χ2n) is 8.69. The number of carbonyl (C=O) groups excluding carboxylic acids is 1. The minimum absolute atomic E-state index is 0.0541. The van der Waals surface area contributed by atoms with Gasteiger partial charge < -0.3 is 10.6 Å². The zero-order chi connectivity index (χ0) is 23.6. The molecule has 2 aromatic carbocycles. The molecule has 2 N–H and O–H groups in total. The lowest BCUT2D eigenvalue weighted by atomic mass is 9.85. The highest BCUT2D eigenvalue weighted by atomic mass is 32.2. The molecule has 2 atom stereocenters. The van der Waals surface area contributed by atoms with Gasteiger partial charge in [-0.25, -0.2) is 16.8 Å². The second-order valence-corrected chi connectivity index (χ2v) is 12.9. The quantitative estimate of drug-likeness (QED) is 0.672. The summed E-state index contributed by atoms with van der Waals surface area (Å²) in [5.74, 6) is -0.975. The maximum Gasteiger partial charge on any atom is 0.243 e. The van der Waals surface area contributed by atoms with Crippen LogP contribution in [0.5, 0.6) is 0 Å². The number of sulfonamides is 1. The zero-order valence-electron chi connectivity index (χ0n) is 18.3. The van der Waals surface area contributed by atoms with E-state index in [1.165, 1.54) is 4.31 Å². The molecule has 2 aliphatic heterocycles. The van der Waals surface area contributed by atoms with Crippen molar-refractivity contribution in [1.29, 1.82) is 0 Å². The molecule has 2 aromatic rings. The highest BCUT2D eigenvalue weighted by molar-refractivity contribution is 7.91. The summed E-state index contributed by atoms with van der Waals surface area (Å²) in [6, 6.07) is 16.2. The minimum atomic E-state index is -3.84. The molecule has 0 unspecified atom stereocenters. The Labute approximate surface area is 195 Å². The fourth-order valence-corrected chi connectivity index (χ4v) is 7.38. The van der Waals surface area contributed by atoms with Gasteiger partial charge in [0.05, 0.1) is 22.3 Å². The van der Waals surface area contributed by atoms with Crippen molar-refractivity contribution in [3.63, 3.8) is 0 Å². The smallest absolute Gasteiger partial charge is 0.243 e. The molecular formula is C23H29N3O5S2. The first-order valence-electron chi connectivity index (χ1n) is 11.0. The van der Waals surface area contributed by atoms with E-state index in [2.05, 4.69) is 0 Å². The van der Waals surface area contributed by atoms with E-state index < -0.39 is 25.8 Å². The van der Waals surface area contributed by atoms with Gasteiger partial charge in [-0.15, -0.1) is 0 Å². The first kappa shape index (κ1) is 23.9. The van der Waals surface area contributed by atoms with Crippen LogP contribution in [0.25, 0.3) is 0 Å². The molecule has 1 amide bonds. The Morgan fingerprint density at radius 1 is 1.00 bits per heavy atom. The van der Waals surface area contributed by atoms with Crippen LogP contribution < -0.4 is 5.73 Å². The van der Waals surface area contributed by atoms with Crippen LogP contribution in [0.3, 0.4) is 0 Å². The van der Waals surface area contributed by atoms with Crippen LogP contribution in [0.1, 0.15) is 23.5 Å². The van der Waals surface area contributed by atoms with Crippen LogP contribution in [-0.2, 0) is 31.2 Å². The maximum absolute atomic E-state index is 13.5. The van der Waals surface area contributed by atoms with Gasteiger partial charge >= 0.3 is 0 Å². The highest BCUT2D eigenvalue weighted by Crippen LogP contribution is 2.34. The van der Waals surface area contributed by atoms with Crippen molar-refractivity contribution in [2.75, 3.05) is 37.7 Å². The molecule has 10 heteroatoms. The molecule has 0 aromatic heterocycles. The summed E-state index contributed by atoms with van der Waals surface area (Å²) in [7, 11) is -6.96. The molecule has 0 bridgehead atoms. The van der Waals surface area contributed by atoms with E-state index in [0.29, 0.717) is 6.42 Å². The Morgan fingerprint density at radius 3 is 2.36 bits per heavy atom. The number of nitrogens with zero attached hydrogens (tertiary/aromatic N) is 2. The van der Waals surface area contributed by atoms with Crippen molar-refractivity contribution in [3.8, 4) is 0 Å². The molecule has 2 fully saturated rings. The monoisotopic (exact) mass is 491 g/mol. The Bertz CT molecular complexity index is 1200. The van der Waals surface area contributed by atoms with Gasteiger partial charge in [-0.3, -0.25) is 4.79 Å². The van der Waals surface area contributed by atoms with Crippen LogP contribution in [0.2, 0.25) is 0 Å². The Morgan fingerprint density at radius 2 is 1.70 bits per heavy atom. The normalized spacial score (nSPS) is 23.8. The van der Waals surface area contributed by atoms with E-state index in [4.69, 9.17) is 5.73 Å². The predicted molar refractivity (Wildman–Crippen MR) is 126 cm³/mol. The van der Waals surface area contributed by atoms with E-state index in [0.717, 1.165) is 11.1 Å². The van der Waals surface area contributed by atoms with Crippen LogP contribution >= 0.6 is 0 Å². The van der Waals surface area contributed by atoms with Crippen molar-refractivity contribution in [3.05, 3.63) is 65.7 Å². The molecule has 8 nitrogen and oxygen atoms in total. The fraction of sp³-hybridized carbons (Fsp3) is 0.435. The zero-order valence-corrected chi connectivity index (χ0v) is 20.0. The summed E-state index contributed by atoms with van der Waals surface area (Å²) in [5.41, 5.74) is 7.40. The lowest BCUT2D eigenvalue weighted by molar-refractivity contribution is -0.136. The van der Waals surface area contributed by atoms with Gasteiger partial charge in [0.1, 0.15) is 0 Å². The van der Waals surface area contributed by atoms with Crippen molar-refractivity contribution < 1.29 is 21.6 Å². The van der Waals surface area contributed by atoms with Crippen LogP contribution in [0.15, 0.2) is 59.5 Å². The lowest BCUT2D eigenvalue weighted by Gasteiger charge is -2.39. The summed E-state index contributed by atoms with van der Waals surface area (Å²) in [5, 5.41) is 0. The Hall–Kier alpha value is -2.27. The van der Waals surface area contributed by atoms with Gasteiger partial charge in [-0.2, -0.15) is 4.31 Å². The molecule has 0 radical (unpaired) electrons. The number of piperidine rings is 1. The summed E-state index contributed by atoms with van der Waals surface area (Å²) < 4.78 is 52.1. The van der Waals surface area contributed by atoms with Gasteiger partial charge in [-0.05, 0) is 35.6 Å². The molecular weight excluding hydrogens is 462 g/mol. The van der Waals surface area contributed by atoms with E-state index in [9.17, 15) is 21.6 Å². The first-order valence-corrected chi connectivity index (χ1v) is 14.3. The maximum atomic E-state index is 13.5. The molecule has 4 rings (SSSR count). The third-order valence-corrected chi connectivity index (χ3v) is 9.90. The molecule has 0 spiro atoms. The van der Waals surface area contributed by atoms with Crippen LogP contribution in [-0.4, -0.2) is 69.6 Å². The number of carbonyl (C=O) groups is 1. The highest BCUT2D eigenvalue weighted by Gasteiger charge is 2.40. The lowest BCUT2D eigenvalue weighted by Crippen LogP contribution is -2.52. The largest absolute Gasteiger partial charge is 0.340 e. The van der Waals surface area contributed by atoms with E-state index >= 15 is 0 Å². The average molecular weight is 492 g/mol. The number of sulfone groups is 1.